The number of esters is 1. The van der Waals surface area contributed by atoms with Gasteiger partial charge < -0.3 is 14.8 Å². The van der Waals surface area contributed by atoms with Crippen molar-refractivity contribution in [3.8, 4) is 0 Å². The van der Waals surface area contributed by atoms with Crippen LogP contribution in [0.5, 0.6) is 0 Å². The highest BCUT2D eigenvalue weighted by Gasteiger charge is 2.22. The molecule has 0 atom stereocenters. The molecule has 1 aromatic carbocycles. The van der Waals surface area contributed by atoms with Gasteiger partial charge in [-0.25, -0.2) is 13.2 Å². The van der Waals surface area contributed by atoms with E-state index in [4.69, 9.17) is 9.47 Å². The Balaban J connectivity index is 2.73. The van der Waals surface area contributed by atoms with Crippen LogP contribution in [0.4, 0.5) is 0 Å². The molecule has 9 nitrogen and oxygen atoms in total. The molecule has 0 spiro atoms. The molecule has 0 radical (unpaired) electrons. The van der Waals surface area contributed by atoms with Crippen LogP contribution >= 0.6 is 0 Å². The van der Waals surface area contributed by atoms with Gasteiger partial charge in [0.1, 0.15) is 0 Å². The van der Waals surface area contributed by atoms with Gasteiger partial charge >= 0.3 is 5.97 Å². The smallest absolute Gasteiger partial charge is 0.338 e. The monoisotopic (exact) mass is 360 g/mol. The van der Waals surface area contributed by atoms with Gasteiger partial charge in [-0.15, -0.1) is 0 Å². The first-order valence-electron chi connectivity index (χ1n) is 6.88. The molecule has 0 aliphatic rings. The van der Waals surface area contributed by atoms with E-state index in [2.05, 4.69) is 10.2 Å². The van der Waals surface area contributed by atoms with Gasteiger partial charge in [0.25, 0.3) is 15.9 Å². The van der Waals surface area contributed by atoms with E-state index in [-0.39, 0.29) is 10.5 Å². The van der Waals surface area contributed by atoms with E-state index in [0.717, 1.165) is 6.07 Å². The average molecular weight is 360 g/mol. The molecule has 0 aliphatic carbocycles. The van der Waals surface area contributed by atoms with Crippen LogP contribution in [0.25, 0.3) is 0 Å². The molecule has 24 heavy (non-hydrogen) atoms. The van der Waals surface area contributed by atoms with E-state index in [9.17, 15) is 18.0 Å². The molecule has 0 fully saturated rings. The van der Waals surface area contributed by atoms with Gasteiger partial charge in [-0.05, 0) is 18.2 Å². The highest BCUT2D eigenvalue weighted by molar-refractivity contribution is 7.89. The lowest BCUT2D eigenvalue weighted by Gasteiger charge is -2.14. The minimum atomic E-state index is -3.88. The number of nitrogens with zero attached hydrogens (tertiary/aromatic N) is 1. The molecule has 0 saturated carbocycles. The average Bonchev–Trinajstić information content (AvgIpc) is 2.59. The number of hydrogen-bond donors (Lipinski definition) is 1. The van der Waals surface area contributed by atoms with Crippen molar-refractivity contribution in [3.05, 3.63) is 29.8 Å². The zero-order valence-electron chi connectivity index (χ0n) is 13.6. The number of amides is 1. The van der Waals surface area contributed by atoms with Gasteiger partial charge in [-0.3, -0.25) is 9.63 Å². The minimum absolute atomic E-state index is 0.00488. The topological polar surface area (TPSA) is 111 Å². The Kier molecular flexibility index (Phi) is 7.79. The lowest BCUT2D eigenvalue weighted by atomic mass is 10.2. The van der Waals surface area contributed by atoms with Crippen LogP contribution in [0.2, 0.25) is 0 Å². The van der Waals surface area contributed by atoms with Gasteiger partial charge in [-0.2, -0.15) is 0 Å². The molecule has 0 saturated heterocycles. The highest BCUT2D eigenvalue weighted by Crippen LogP contribution is 2.16. The molecule has 10 heteroatoms. The Morgan fingerprint density at radius 2 is 1.96 bits per heavy atom. The van der Waals surface area contributed by atoms with Crippen molar-refractivity contribution in [2.24, 2.45) is 0 Å². The molecular formula is C14H20N2O7S. The minimum Gasteiger partial charge on any atom is -0.452 e. The maximum atomic E-state index is 12.1. The van der Waals surface area contributed by atoms with Crippen molar-refractivity contribution in [1.82, 2.24) is 9.79 Å². The van der Waals surface area contributed by atoms with Crippen molar-refractivity contribution in [3.63, 3.8) is 0 Å². The number of hydroxylamine groups is 1. The molecule has 0 aromatic heterocycles. The summed E-state index contributed by atoms with van der Waals surface area (Å²) in [6.07, 6.45) is 0. The van der Waals surface area contributed by atoms with Crippen molar-refractivity contribution in [2.45, 2.75) is 4.90 Å². The number of methoxy groups -OCH3 is 1. The molecule has 0 bridgehead atoms. The van der Waals surface area contributed by atoms with Crippen LogP contribution in [-0.4, -0.2) is 65.8 Å². The first-order valence-corrected chi connectivity index (χ1v) is 8.32. The van der Waals surface area contributed by atoms with Crippen LogP contribution < -0.4 is 5.32 Å². The standard InChI is InChI=1S/C14H20N2O7S/c1-16(22-3)24(19,20)12-6-4-5-11(9-12)14(18)23-10-13(17)15-7-8-21-2/h4-6,9H,7-8,10H2,1-3H3,(H,15,17). The van der Waals surface area contributed by atoms with Gasteiger partial charge in [0.2, 0.25) is 0 Å². The molecule has 134 valence electrons. The summed E-state index contributed by atoms with van der Waals surface area (Å²) in [5.74, 6) is -1.29. The van der Waals surface area contributed by atoms with Gasteiger partial charge in [0.15, 0.2) is 6.61 Å². The summed E-state index contributed by atoms with van der Waals surface area (Å²) in [6.45, 7) is 0.161. The zero-order valence-corrected chi connectivity index (χ0v) is 14.5. The van der Waals surface area contributed by atoms with Crippen LogP contribution in [0.3, 0.4) is 0 Å². The molecule has 1 rings (SSSR count). The Labute approximate surface area is 140 Å². The fraction of sp³-hybridized carbons (Fsp3) is 0.429. The second-order valence-corrected chi connectivity index (χ2v) is 6.48. The van der Waals surface area contributed by atoms with Crippen LogP contribution in [0.15, 0.2) is 29.2 Å². The Morgan fingerprint density at radius 3 is 2.58 bits per heavy atom. The summed E-state index contributed by atoms with van der Waals surface area (Å²) in [7, 11) is 0.0462. The summed E-state index contributed by atoms with van der Waals surface area (Å²) < 4.78 is 34.5. The third-order valence-electron chi connectivity index (χ3n) is 2.93. The van der Waals surface area contributed by atoms with Crippen molar-refractivity contribution in [1.29, 1.82) is 0 Å². The predicted octanol–water partition coefficient (Wildman–Crippen LogP) is -0.212. The Hall–Kier alpha value is -2.01. The van der Waals surface area contributed by atoms with Crippen LogP contribution in [-0.2, 0) is 29.1 Å². The fourth-order valence-corrected chi connectivity index (χ4v) is 2.61. The summed E-state index contributed by atoms with van der Waals surface area (Å²) >= 11 is 0. The number of ether oxygens (including phenoxy) is 2. The molecule has 0 heterocycles. The number of benzene rings is 1. The summed E-state index contributed by atoms with van der Waals surface area (Å²) in [5.41, 5.74) is 0.00488. The van der Waals surface area contributed by atoms with E-state index < -0.39 is 28.5 Å². The van der Waals surface area contributed by atoms with Gasteiger partial charge in [0.05, 0.1) is 24.2 Å². The number of carbonyl (C=O) groups is 2. The SMILES string of the molecule is COCCNC(=O)COC(=O)c1cccc(S(=O)(=O)N(C)OC)c1. The van der Waals surface area contributed by atoms with Crippen LogP contribution in [0, 0.1) is 0 Å². The lowest BCUT2D eigenvalue weighted by molar-refractivity contribution is -0.124. The van der Waals surface area contributed by atoms with E-state index in [0.29, 0.717) is 17.6 Å². The first kappa shape index (κ1) is 20.0. The quantitative estimate of drug-likeness (QED) is 0.368. The number of rotatable bonds is 9. The number of hydrogen-bond acceptors (Lipinski definition) is 7. The summed E-state index contributed by atoms with van der Waals surface area (Å²) in [4.78, 5) is 27.9. The first-order chi connectivity index (χ1) is 11.3. The normalized spacial score (nSPS) is 11.3. The largest absolute Gasteiger partial charge is 0.452 e. The third-order valence-corrected chi connectivity index (χ3v) is 4.60. The Morgan fingerprint density at radius 1 is 1.25 bits per heavy atom. The summed E-state index contributed by atoms with van der Waals surface area (Å²) in [5, 5.41) is 2.49. The van der Waals surface area contributed by atoms with Crippen LogP contribution in [0.1, 0.15) is 10.4 Å². The van der Waals surface area contributed by atoms with Gasteiger partial charge in [0, 0.05) is 20.7 Å². The maximum Gasteiger partial charge on any atom is 0.338 e. The third kappa shape index (κ3) is 5.57. The number of carbonyl (C=O) groups excluding carboxylic acids is 2. The predicted molar refractivity (Wildman–Crippen MR) is 83.6 cm³/mol. The van der Waals surface area contributed by atoms with E-state index in [1.54, 1.807) is 0 Å². The zero-order chi connectivity index (χ0) is 18.2. The van der Waals surface area contributed by atoms with E-state index in [1.807, 2.05) is 0 Å². The molecule has 1 amide bonds. The second kappa shape index (κ2) is 9.33. The fourth-order valence-electron chi connectivity index (χ4n) is 1.59. The molecule has 1 N–H and O–H groups in total. The lowest BCUT2D eigenvalue weighted by Crippen LogP contribution is -2.31. The van der Waals surface area contributed by atoms with Crippen molar-refractivity contribution < 1.29 is 32.3 Å². The summed E-state index contributed by atoms with van der Waals surface area (Å²) in [6, 6.07) is 5.25. The Bertz CT molecular complexity index is 675. The molecule has 0 aliphatic heterocycles. The molecule has 1 aromatic rings. The maximum absolute atomic E-state index is 12.1. The number of sulfonamides is 1. The second-order valence-electron chi connectivity index (χ2n) is 4.54. The molecular weight excluding hydrogens is 340 g/mol. The van der Waals surface area contributed by atoms with E-state index in [1.165, 1.54) is 39.5 Å². The molecule has 0 unspecified atom stereocenters. The number of nitrogens with one attached hydrogen (secondary N) is 1. The van der Waals surface area contributed by atoms with E-state index >= 15 is 0 Å². The van der Waals surface area contributed by atoms with Crippen molar-refractivity contribution >= 4 is 21.9 Å². The van der Waals surface area contributed by atoms with Crippen molar-refractivity contribution in [2.75, 3.05) is 41.0 Å². The van der Waals surface area contributed by atoms with Gasteiger partial charge in [-0.1, -0.05) is 10.5 Å². The highest BCUT2D eigenvalue weighted by atomic mass is 32.2.